The number of nitrogens with two attached hydrogens (primary N) is 1. The Morgan fingerprint density at radius 1 is 1.38 bits per heavy atom. The van der Waals surface area contributed by atoms with E-state index < -0.39 is 12.5 Å². The van der Waals surface area contributed by atoms with Crippen LogP contribution in [0.3, 0.4) is 0 Å². The van der Waals surface area contributed by atoms with Crippen molar-refractivity contribution >= 4 is 0 Å². The normalized spacial score (nSPS) is 19.4. The fraction of sp³-hybridized carbons (Fsp3) is 0.500. The highest BCUT2D eigenvalue weighted by molar-refractivity contribution is 5.47. The summed E-state index contributed by atoms with van der Waals surface area (Å²) in [5, 5.41) is 0. The maximum Gasteiger partial charge on any atom is 0.257 e. The van der Waals surface area contributed by atoms with E-state index in [0.717, 1.165) is 12.0 Å². The first-order valence-electron chi connectivity index (χ1n) is 5.25. The van der Waals surface area contributed by atoms with Gasteiger partial charge in [0.25, 0.3) is 6.43 Å². The molecule has 1 unspecified atom stereocenters. The van der Waals surface area contributed by atoms with Crippen molar-refractivity contribution in [1.82, 2.24) is 0 Å². The molecule has 0 spiro atoms. The fourth-order valence-electron chi connectivity index (χ4n) is 2.04. The molecular weight excluding hydrogens is 212 g/mol. The minimum absolute atomic E-state index is 0.333. The Bertz CT molecular complexity index is 404. The minimum Gasteiger partial charge on any atom is -0.487 e. The Hall–Kier alpha value is -1.16. The van der Waals surface area contributed by atoms with Gasteiger partial charge in [0, 0.05) is 12.0 Å². The lowest BCUT2D eigenvalue weighted by atomic mass is 9.98. The monoisotopic (exact) mass is 227 g/mol. The van der Waals surface area contributed by atoms with Crippen LogP contribution < -0.4 is 10.5 Å². The van der Waals surface area contributed by atoms with Crippen LogP contribution in [0.4, 0.5) is 8.78 Å². The quantitative estimate of drug-likeness (QED) is 0.843. The molecule has 4 heteroatoms. The molecule has 0 saturated carbocycles. The van der Waals surface area contributed by atoms with E-state index >= 15 is 0 Å². The summed E-state index contributed by atoms with van der Waals surface area (Å²) in [4.78, 5) is 0. The molecule has 0 aliphatic carbocycles. The summed E-state index contributed by atoms with van der Waals surface area (Å²) in [7, 11) is 0. The first-order chi connectivity index (χ1) is 7.41. The number of halogens is 2. The van der Waals surface area contributed by atoms with Gasteiger partial charge in [-0.2, -0.15) is 0 Å². The molecule has 0 saturated heterocycles. The standard InChI is InChI=1S/C12H15F2NO/c1-12(2)6-7-4-3-5-8(10(7)16-12)9(15)11(13)14/h3-5,9,11H,6,15H2,1-2H3. The number of alkyl halides is 2. The van der Waals surface area contributed by atoms with Crippen molar-refractivity contribution in [3.63, 3.8) is 0 Å². The second kappa shape index (κ2) is 3.70. The van der Waals surface area contributed by atoms with Gasteiger partial charge in [-0.25, -0.2) is 8.78 Å². The predicted molar refractivity (Wildman–Crippen MR) is 57.8 cm³/mol. The molecule has 0 bridgehead atoms. The van der Waals surface area contributed by atoms with Gasteiger partial charge in [-0.1, -0.05) is 18.2 Å². The summed E-state index contributed by atoms with van der Waals surface area (Å²) in [6.45, 7) is 3.87. The summed E-state index contributed by atoms with van der Waals surface area (Å²) < 4.78 is 30.9. The molecule has 1 aromatic rings. The molecule has 2 rings (SSSR count). The lowest BCUT2D eigenvalue weighted by Crippen LogP contribution is -2.25. The average Bonchev–Trinajstić information content (AvgIpc) is 2.49. The van der Waals surface area contributed by atoms with Crippen LogP contribution in [0.5, 0.6) is 5.75 Å². The molecule has 1 aliphatic rings. The summed E-state index contributed by atoms with van der Waals surface area (Å²) >= 11 is 0. The van der Waals surface area contributed by atoms with E-state index in [4.69, 9.17) is 10.5 Å². The lowest BCUT2D eigenvalue weighted by Gasteiger charge is -2.20. The van der Waals surface area contributed by atoms with Crippen LogP contribution in [0, 0.1) is 0 Å². The third kappa shape index (κ3) is 1.89. The molecule has 1 atom stereocenters. The van der Waals surface area contributed by atoms with E-state index in [0.29, 0.717) is 11.3 Å². The van der Waals surface area contributed by atoms with Gasteiger partial charge in [0.1, 0.15) is 11.4 Å². The molecule has 88 valence electrons. The topological polar surface area (TPSA) is 35.2 Å². The van der Waals surface area contributed by atoms with Crippen LogP contribution in [0.1, 0.15) is 31.0 Å². The van der Waals surface area contributed by atoms with Crippen LogP contribution in [0.2, 0.25) is 0 Å². The van der Waals surface area contributed by atoms with Gasteiger partial charge in [-0.3, -0.25) is 0 Å². The van der Waals surface area contributed by atoms with Crippen molar-refractivity contribution < 1.29 is 13.5 Å². The molecule has 0 aromatic heterocycles. The van der Waals surface area contributed by atoms with Gasteiger partial charge < -0.3 is 10.5 Å². The number of hydrogen-bond donors (Lipinski definition) is 1. The molecule has 0 fully saturated rings. The number of ether oxygens (including phenoxy) is 1. The molecule has 0 radical (unpaired) electrons. The second-order valence-corrected chi connectivity index (χ2v) is 4.73. The van der Waals surface area contributed by atoms with Crippen molar-refractivity contribution in [2.75, 3.05) is 0 Å². The zero-order chi connectivity index (χ0) is 11.9. The van der Waals surface area contributed by atoms with Crippen molar-refractivity contribution in [3.05, 3.63) is 29.3 Å². The summed E-state index contributed by atoms with van der Waals surface area (Å²) in [6.07, 6.45) is -1.84. The number of fused-ring (bicyclic) bond motifs is 1. The summed E-state index contributed by atoms with van der Waals surface area (Å²) in [5.74, 6) is 0.542. The third-order valence-electron chi connectivity index (χ3n) is 2.75. The largest absolute Gasteiger partial charge is 0.487 e. The average molecular weight is 227 g/mol. The predicted octanol–water partition coefficient (Wildman–Crippen LogP) is 2.67. The SMILES string of the molecule is CC1(C)Cc2cccc(C(N)C(F)F)c2O1. The second-order valence-electron chi connectivity index (χ2n) is 4.73. The molecule has 2 nitrogen and oxygen atoms in total. The van der Waals surface area contributed by atoms with Gasteiger partial charge in [0.05, 0.1) is 6.04 Å². The number of para-hydroxylation sites is 1. The van der Waals surface area contributed by atoms with Crippen LogP contribution in [-0.2, 0) is 6.42 Å². The van der Waals surface area contributed by atoms with E-state index in [9.17, 15) is 8.78 Å². The van der Waals surface area contributed by atoms with E-state index in [1.807, 2.05) is 19.9 Å². The van der Waals surface area contributed by atoms with E-state index in [1.54, 1.807) is 12.1 Å². The van der Waals surface area contributed by atoms with Crippen molar-refractivity contribution in [3.8, 4) is 5.75 Å². The maximum atomic E-state index is 12.6. The lowest BCUT2D eigenvalue weighted by molar-refractivity contribution is 0.107. The van der Waals surface area contributed by atoms with Crippen LogP contribution >= 0.6 is 0 Å². The number of hydrogen-bond acceptors (Lipinski definition) is 2. The van der Waals surface area contributed by atoms with Gasteiger partial charge in [-0.05, 0) is 19.4 Å². The smallest absolute Gasteiger partial charge is 0.257 e. The highest BCUT2D eigenvalue weighted by atomic mass is 19.3. The molecule has 1 aliphatic heterocycles. The minimum atomic E-state index is -2.57. The molecule has 1 aromatic carbocycles. The van der Waals surface area contributed by atoms with Crippen molar-refractivity contribution in [1.29, 1.82) is 0 Å². The van der Waals surface area contributed by atoms with Gasteiger partial charge >= 0.3 is 0 Å². The highest BCUT2D eigenvalue weighted by Gasteiger charge is 2.34. The molecule has 16 heavy (non-hydrogen) atoms. The van der Waals surface area contributed by atoms with Crippen LogP contribution in [-0.4, -0.2) is 12.0 Å². The Labute approximate surface area is 93.4 Å². The Morgan fingerprint density at radius 3 is 2.69 bits per heavy atom. The van der Waals surface area contributed by atoms with E-state index in [1.165, 1.54) is 0 Å². The number of benzene rings is 1. The molecule has 2 N–H and O–H groups in total. The van der Waals surface area contributed by atoms with Crippen LogP contribution in [0.15, 0.2) is 18.2 Å². The summed E-state index contributed by atoms with van der Waals surface area (Å²) in [5.41, 5.74) is 6.49. The van der Waals surface area contributed by atoms with E-state index in [2.05, 4.69) is 0 Å². The first kappa shape index (κ1) is 11.3. The fourth-order valence-corrected chi connectivity index (χ4v) is 2.04. The molecular formula is C12H15F2NO. The third-order valence-corrected chi connectivity index (χ3v) is 2.75. The maximum absolute atomic E-state index is 12.6. The highest BCUT2D eigenvalue weighted by Crippen LogP contribution is 2.40. The Morgan fingerprint density at radius 2 is 2.06 bits per heavy atom. The van der Waals surface area contributed by atoms with Crippen molar-refractivity contribution in [2.24, 2.45) is 5.73 Å². The molecule has 1 heterocycles. The Kier molecular flexibility index (Phi) is 2.62. The Balaban J connectivity index is 2.41. The number of rotatable bonds is 2. The molecule has 0 amide bonds. The van der Waals surface area contributed by atoms with Gasteiger partial charge in [-0.15, -0.1) is 0 Å². The first-order valence-corrected chi connectivity index (χ1v) is 5.25. The van der Waals surface area contributed by atoms with Gasteiger partial charge in [0.15, 0.2) is 0 Å². The zero-order valence-electron chi connectivity index (χ0n) is 9.34. The zero-order valence-corrected chi connectivity index (χ0v) is 9.34. The van der Waals surface area contributed by atoms with Gasteiger partial charge in [0.2, 0.25) is 0 Å². The van der Waals surface area contributed by atoms with Crippen molar-refractivity contribution in [2.45, 2.75) is 38.3 Å². The van der Waals surface area contributed by atoms with Crippen LogP contribution in [0.25, 0.3) is 0 Å². The van der Waals surface area contributed by atoms with E-state index in [-0.39, 0.29) is 5.60 Å². The summed E-state index contributed by atoms with van der Waals surface area (Å²) in [6, 6.07) is 3.98.